The molecule has 0 amide bonds. The summed E-state index contributed by atoms with van der Waals surface area (Å²) in [7, 11) is 0. The second kappa shape index (κ2) is 5.90. The van der Waals surface area contributed by atoms with Crippen LogP contribution in [0.1, 0.15) is 20.1 Å². The Morgan fingerprint density at radius 3 is 2.62 bits per heavy atom. The van der Waals surface area contributed by atoms with Crippen molar-refractivity contribution in [3.8, 4) is 0 Å². The molecule has 0 N–H and O–H groups in total. The van der Waals surface area contributed by atoms with Gasteiger partial charge in [-0.3, -0.25) is 19.7 Å². The van der Waals surface area contributed by atoms with Crippen molar-refractivity contribution in [2.45, 2.75) is 20.4 Å². The van der Waals surface area contributed by atoms with E-state index >= 15 is 0 Å². The van der Waals surface area contributed by atoms with Crippen molar-refractivity contribution in [1.82, 2.24) is 4.57 Å². The average Bonchev–Trinajstić information content (AvgIpc) is 2.72. The molecule has 0 spiro atoms. The number of aryl methyl sites for hydroxylation is 2. The van der Waals surface area contributed by atoms with E-state index in [9.17, 15) is 19.7 Å². The molecule has 21 heavy (non-hydrogen) atoms. The van der Waals surface area contributed by atoms with E-state index in [0.717, 1.165) is 20.4 Å². The molecule has 0 aliphatic heterocycles. The highest BCUT2D eigenvalue weighted by Gasteiger charge is 2.19. The Balaban J connectivity index is 2.40. The number of nitrogens with zero attached hydrogens (tertiary/aromatic N) is 2. The van der Waals surface area contributed by atoms with Gasteiger partial charge in [0, 0.05) is 32.1 Å². The molecule has 0 atom stereocenters. The lowest BCUT2D eigenvalue weighted by atomic mass is 10.1. The van der Waals surface area contributed by atoms with Crippen LogP contribution in [0.3, 0.4) is 0 Å². The Morgan fingerprint density at radius 2 is 2.10 bits per heavy atom. The summed E-state index contributed by atoms with van der Waals surface area (Å²) in [4.78, 5) is 36.2. The van der Waals surface area contributed by atoms with Crippen LogP contribution in [0, 0.1) is 24.0 Å². The van der Waals surface area contributed by atoms with E-state index in [1.54, 1.807) is 6.07 Å². The number of Topliss-reactive ketones (excluding diaryl/α,β-unsaturated/α-hetero) is 1. The molecule has 0 aliphatic carbocycles. The molecule has 0 unspecified atom stereocenters. The van der Waals surface area contributed by atoms with Gasteiger partial charge in [0.25, 0.3) is 0 Å². The third kappa shape index (κ3) is 3.27. The monoisotopic (exact) mass is 370 g/mol. The van der Waals surface area contributed by atoms with Crippen molar-refractivity contribution in [2.75, 3.05) is 0 Å². The SMILES string of the molecule is Cc1cc(C(=O)Cn2cc(Br)cc([N+](=O)[O-])c2=O)c(C)s1. The van der Waals surface area contributed by atoms with Crippen LogP contribution in [0.4, 0.5) is 5.69 Å². The molecule has 2 rings (SSSR count). The van der Waals surface area contributed by atoms with Crippen LogP contribution in [0.2, 0.25) is 0 Å². The quantitative estimate of drug-likeness (QED) is 0.470. The summed E-state index contributed by atoms with van der Waals surface area (Å²) in [5.41, 5.74) is -0.802. The minimum absolute atomic E-state index is 0.226. The van der Waals surface area contributed by atoms with Crippen LogP contribution in [0.5, 0.6) is 0 Å². The smallest absolute Gasteiger partial charge is 0.301 e. The fourth-order valence-electron chi connectivity index (χ4n) is 1.98. The Bertz CT molecular complexity index is 794. The minimum atomic E-state index is -0.791. The van der Waals surface area contributed by atoms with Gasteiger partial charge in [0.1, 0.15) is 0 Å². The zero-order valence-corrected chi connectivity index (χ0v) is 13.7. The number of carbonyl (C=O) groups is 1. The van der Waals surface area contributed by atoms with Gasteiger partial charge in [-0.05, 0) is 35.8 Å². The van der Waals surface area contributed by atoms with E-state index in [0.29, 0.717) is 10.0 Å². The number of hydrogen-bond donors (Lipinski definition) is 0. The first kappa shape index (κ1) is 15.6. The summed E-state index contributed by atoms with van der Waals surface area (Å²) >= 11 is 4.60. The predicted molar refractivity (Wildman–Crippen MR) is 83.2 cm³/mol. The fraction of sp³-hybridized carbons (Fsp3) is 0.231. The number of rotatable bonds is 4. The average molecular weight is 371 g/mol. The molecule has 0 saturated carbocycles. The zero-order valence-electron chi connectivity index (χ0n) is 11.3. The maximum Gasteiger partial charge on any atom is 0.335 e. The number of hydrogen-bond acceptors (Lipinski definition) is 5. The fourth-order valence-corrected chi connectivity index (χ4v) is 3.39. The van der Waals surface area contributed by atoms with E-state index in [2.05, 4.69) is 15.9 Å². The number of nitro groups is 1. The van der Waals surface area contributed by atoms with Crippen molar-refractivity contribution in [1.29, 1.82) is 0 Å². The van der Waals surface area contributed by atoms with Crippen LogP contribution in [-0.4, -0.2) is 15.3 Å². The van der Waals surface area contributed by atoms with E-state index in [1.807, 2.05) is 13.8 Å². The molecule has 0 saturated heterocycles. The second-order valence-electron chi connectivity index (χ2n) is 4.48. The molecule has 2 heterocycles. The number of aromatic nitrogens is 1. The van der Waals surface area contributed by atoms with Crippen molar-refractivity contribution in [2.24, 2.45) is 0 Å². The van der Waals surface area contributed by atoms with Crippen LogP contribution >= 0.6 is 27.3 Å². The predicted octanol–water partition coefficient (Wildman–Crippen LogP) is 3.08. The van der Waals surface area contributed by atoms with Gasteiger partial charge in [0.15, 0.2) is 5.78 Å². The Morgan fingerprint density at radius 1 is 1.43 bits per heavy atom. The molecule has 0 bridgehead atoms. The highest BCUT2D eigenvalue weighted by molar-refractivity contribution is 9.10. The van der Waals surface area contributed by atoms with Gasteiger partial charge in [-0.15, -0.1) is 11.3 Å². The zero-order chi connectivity index (χ0) is 15.7. The summed E-state index contributed by atoms with van der Waals surface area (Å²) in [6, 6.07) is 2.89. The van der Waals surface area contributed by atoms with Gasteiger partial charge in [-0.25, -0.2) is 0 Å². The Hall–Kier alpha value is -1.80. The number of pyridine rings is 1. The van der Waals surface area contributed by atoms with Crippen molar-refractivity contribution >= 4 is 38.7 Å². The molecule has 0 fully saturated rings. The van der Waals surface area contributed by atoms with Crippen molar-refractivity contribution in [3.63, 3.8) is 0 Å². The lowest BCUT2D eigenvalue weighted by molar-refractivity contribution is -0.386. The van der Waals surface area contributed by atoms with Gasteiger partial charge < -0.3 is 4.57 Å². The van der Waals surface area contributed by atoms with E-state index in [1.165, 1.54) is 17.5 Å². The number of ketones is 1. The summed E-state index contributed by atoms with van der Waals surface area (Å²) in [6.07, 6.45) is 1.38. The number of carbonyl (C=O) groups excluding carboxylic acids is 1. The van der Waals surface area contributed by atoms with Gasteiger partial charge in [0.05, 0.1) is 11.5 Å². The molecule has 8 heteroatoms. The lowest BCUT2D eigenvalue weighted by Gasteiger charge is -2.05. The molecule has 0 aliphatic rings. The van der Waals surface area contributed by atoms with Gasteiger partial charge >= 0.3 is 11.2 Å². The highest BCUT2D eigenvalue weighted by atomic mass is 79.9. The highest BCUT2D eigenvalue weighted by Crippen LogP contribution is 2.21. The second-order valence-corrected chi connectivity index (χ2v) is 6.86. The van der Waals surface area contributed by atoms with Crippen LogP contribution < -0.4 is 5.56 Å². The first-order valence-electron chi connectivity index (χ1n) is 5.94. The summed E-state index contributed by atoms with van der Waals surface area (Å²) in [5, 5.41) is 10.8. The molecule has 2 aromatic rings. The van der Waals surface area contributed by atoms with Crippen LogP contribution in [-0.2, 0) is 6.54 Å². The van der Waals surface area contributed by atoms with Crippen LogP contribution in [0.25, 0.3) is 0 Å². The number of halogens is 1. The normalized spacial score (nSPS) is 10.6. The molecule has 110 valence electrons. The van der Waals surface area contributed by atoms with Gasteiger partial charge in [-0.1, -0.05) is 0 Å². The van der Waals surface area contributed by atoms with E-state index in [-0.39, 0.29) is 12.3 Å². The molecule has 6 nitrogen and oxygen atoms in total. The summed E-state index contributed by atoms with van der Waals surface area (Å²) in [5.74, 6) is -0.244. The van der Waals surface area contributed by atoms with E-state index in [4.69, 9.17) is 0 Å². The van der Waals surface area contributed by atoms with Gasteiger partial charge in [-0.2, -0.15) is 0 Å². The molecule has 0 radical (unpaired) electrons. The van der Waals surface area contributed by atoms with Crippen molar-refractivity contribution in [3.05, 3.63) is 58.6 Å². The largest absolute Gasteiger partial charge is 0.335 e. The van der Waals surface area contributed by atoms with Crippen LogP contribution in [0.15, 0.2) is 27.6 Å². The Kier molecular flexibility index (Phi) is 4.38. The maximum atomic E-state index is 12.3. The van der Waals surface area contributed by atoms with Gasteiger partial charge in [0.2, 0.25) is 0 Å². The topological polar surface area (TPSA) is 82.2 Å². The molecule has 2 aromatic heterocycles. The number of thiophene rings is 1. The first-order chi connectivity index (χ1) is 9.79. The third-order valence-electron chi connectivity index (χ3n) is 2.89. The standard InChI is InChI=1S/C13H11BrN2O4S/c1-7-3-10(8(2)21-7)12(17)6-15-5-9(14)4-11(13(15)18)16(19)20/h3-5H,6H2,1-2H3. The first-order valence-corrected chi connectivity index (χ1v) is 7.55. The third-order valence-corrected chi connectivity index (χ3v) is 4.29. The lowest BCUT2D eigenvalue weighted by Crippen LogP contribution is -2.25. The summed E-state index contributed by atoms with van der Waals surface area (Å²) < 4.78 is 1.43. The Labute approximate surface area is 132 Å². The maximum absolute atomic E-state index is 12.3. The summed E-state index contributed by atoms with van der Waals surface area (Å²) in [6.45, 7) is 3.50. The van der Waals surface area contributed by atoms with E-state index < -0.39 is 16.2 Å². The molecular weight excluding hydrogens is 360 g/mol. The van der Waals surface area contributed by atoms with Crippen molar-refractivity contribution < 1.29 is 9.72 Å². The molecule has 0 aromatic carbocycles. The molecular formula is C13H11BrN2O4S. The minimum Gasteiger partial charge on any atom is -0.301 e.